The summed E-state index contributed by atoms with van der Waals surface area (Å²) in [5, 5.41) is 0. The molecule has 0 aliphatic carbocycles. The summed E-state index contributed by atoms with van der Waals surface area (Å²) in [6, 6.07) is 6.10. The van der Waals surface area contributed by atoms with E-state index >= 15 is 0 Å². The number of benzene rings is 1. The lowest BCUT2D eigenvalue weighted by atomic mass is 10.3. The maximum Gasteiger partial charge on any atom is 0.270 e. The van der Waals surface area contributed by atoms with Gasteiger partial charge in [0.05, 0.1) is 12.0 Å². The first kappa shape index (κ1) is 14.0. The van der Waals surface area contributed by atoms with Gasteiger partial charge in [-0.15, -0.1) is 0 Å². The molecule has 108 valence electrons. The van der Waals surface area contributed by atoms with Crippen molar-refractivity contribution in [3.63, 3.8) is 0 Å². The molecule has 2 heterocycles. The SMILES string of the molecule is COc1ccc(S(=O)(=O)n2cnc3c(Br)ncnc32)cc1. The van der Waals surface area contributed by atoms with Crippen molar-refractivity contribution in [2.45, 2.75) is 4.90 Å². The lowest BCUT2D eigenvalue weighted by molar-refractivity contribution is 0.414. The van der Waals surface area contributed by atoms with E-state index in [0.29, 0.717) is 15.9 Å². The first-order valence-electron chi connectivity index (χ1n) is 5.77. The Morgan fingerprint density at radius 2 is 1.86 bits per heavy atom. The van der Waals surface area contributed by atoms with Gasteiger partial charge in [-0.3, -0.25) is 0 Å². The topological polar surface area (TPSA) is 87.0 Å². The van der Waals surface area contributed by atoms with Gasteiger partial charge in [0.25, 0.3) is 10.0 Å². The van der Waals surface area contributed by atoms with Crippen molar-refractivity contribution in [1.82, 2.24) is 18.9 Å². The van der Waals surface area contributed by atoms with Crippen LogP contribution in [0.25, 0.3) is 11.2 Å². The van der Waals surface area contributed by atoms with Gasteiger partial charge in [-0.2, -0.15) is 0 Å². The van der Waals surface area contributed by atoms with Crippen LogP contribution < -0.4 is 4.74 Å². The maximum absolute atomic E-state index is 12.6. The minimum absolute atomic E-state index is 0.123. The van der Waals surface area contributed by atoms with Crippen LogP contribution in [0.5, 0.6) is 5.75 Å². The average molecular weight is 369 g/mol. The zero-order valence-corrected chi connectivity index (χ0v) is 13.2. The Labute approximate surface area is 128 Å². The third-order valence-electron chi connectivity index (χ3n) is 2.88. The largest absolute Gasteiger partial charge is 0.497 e. The third-order valence-corrected chi connectivity index (χ3v) is 5.11. The first-order valence-corrected chi connectivity index (χ1v) is 8.00. The van der Waals surface area contributed by atoms with Gasteiger partial charge in [-0.25, -0.2) is 27.3 Å². The molecular weight excluding hydrogens is 360 g/mol. The molecule has 3 aromatic rings. The standard InChI is InChI=1S/C12H9BrN4O3S/c1-20-8-2-4-9(5-3-8)21(18,19)17-7-16-10-11(13)14-6-15-12(10)17/h2-7H,1H3. The normalized spacial score (nSPS) is 11.7. The van der Waals surface area contributed by atoms with E-state index < -0.39 is 10.0 Å². The molecule has 0 aliphatic rings. The smallest absolute Gasteiger partial charge is 0.270 e. The highest BCUT2D eigenvalue weighted by Gasteiger charge is 2.21. The second-order valence-corrected chi connectivity index (χ2v) is 6.62. The van der Waals surface area contributed by atoms with Crippen molar-refractivity contribution < 1.29 is 13.2 Å². The average Bonchev–Trinajstić information content (AvgIpc) is 2.93. The zero-order chi connectivity index (χ0) is 15.0. The van der Waals surface area contributed by atoms with Crippen LogP contribution in [0.1, 0.15) is 0 Å². The fourth-order valence-electron chi connectivity index (χ4n) is 1.82. The summed E-state index contributed by atoms with van der Waals surface area (Å²) in [4.78, 5) is 12.1. The molecule has 0 amide bonds. The monoisotopic (exact) mass is 368 g/mol. The van der Waals surface area contributed by atoms with Crippen LogP contribution in [-0.2, 0) is 10.0 Å². The van der Waals surface area contributed by atoms with Crippen LogP contribution in [0.15, 0.2) is 46.4 Å². The Hall–Kier alpha value is -2.00. The quantitative estimate of drug-likeness (QED) is 0.655. The lowest BCUT2D eigenvalue weighted by Crippen LogP contribution is -2.12. The molecular formula is C12H9BrN4O3S. The molecule has 0 saturated heterocycles. The molecule has 21 heavy (non-hydrogen) atoms. The summed E-state index contributed by atoms with van der Waals surface area (Å²) >= 11 is 3.21. The summed E-state index contributed by atoms with van der Waals surface area (Å²) in [5.41, 5.74) is 0.599. The Kier molecular flexibility index (Phi) is 3.38. The van der Waals surface area contributed by atoms with Crippen LogP contribution in [0.2, 0.25) is 0 Å². The number of rotatable bonds is 3. The minimum Gasteiger partial charge on any atom is -0.497 e. The molecule has 3 rings (SSSR count). The first-order chi connectivity index (χ1) is 10.0. The predicted octanol–water partition coefficient (Wildman–Crippen LogP) is 1.83. The maximum atomic E-state index is 12.6. The number of imidazole rings is 1. The van der Waals surface area contributed by atoms with E-state index in [2.05, 4.69) is 30.9 Å². The molecule has 0 saturated carbocycles. The Bertz CT molecular complexity index is 906. The number of methoxy groups -OCH3 is 1. The van der Waals surface area contributed by atoms with E-state index in [-0.39, 0.29) is 10.5 Å². The molecule has 0 radical (unpaired) electrons. The summed E-state index contributed by atoms with van der Waals surface area (Å²) in [7, 11) is -2.26. The highest BCUT2D eigenvalue weighted by Crippen LogP contribution is 2.23. The molecule has 0 unspecified atom stereocenters. The fraction of sp³-hybridized carbons (Fsp3) is 0.0833. The Balaban J connectivity index is 2.18. The van der Waals surface area contributed by atoms with Crippen molar-refractivity contribution in [1.29, 1.82) is 0 Å². The van der Waals surface area contributed by atoms with Crippen molar-refractivity contribution >= 4 is 37.1 Å². The van der Waals surface area contributed by atoms with E-state index in [1.165, 1.54) is 31.9 Å². The minimum atomic E-state index is -3.78. The number of hydrogen-bond acceptors (Lipinski definition) is 6. The highest BCUT2D eigenvalue weighted by atomic mass is 79.9. The van der Waals surface area contributed by atoms with E-state index in [9.17, 15) is 8.42 Å². The third kappa shape index (κ3) is 2.28. The molecule has 0 spiro atoms. The van der Waals surface area contributed by atoms with Crippen LogP contribution in [0.3, 0.4) is 0 Å². The van der Waals surface area contributed by atoms with Crippen LogP contribution >= 0.6 is 15.9 Å². The molecule has 7 nitrogen and oxygen atoms in total. The van der Waals surface area contributed by atoms with Gasteiger partial charge in [0.15, 0.2) is 5.65 Å². The molecule has 0 bridgehead atoms. The van der Waals surface area contributed by atoms with Gasteiger partial charge in [0.1, 0.15) is 28.5 Å². The van der Waals surface area contributed by atoms with Gasteiger partial charge in [-0.1, -0.05) is 0 Å². The van der Waals surface area contributed by atoms with Crippen LogP contribution in [-0.4, -0.2) is 34.5 Å². The number of fused-ring (bicyclic) bond motifs is 1. The van der Waals surface area contributed by atoms with E-state index in [4.69, 9.17) is 4.74 Å². The van der Waals surface area contributed by atoms with Crippen molar-refractivity contribution in [2.24, 2.45) is 0 Å². The number of hydrogen-bond donors (Lipinski definition) is 0. The summed E-state index contributed by atoms with van der Waals surface area (Å²) in [5.74, 6) is 0.578. The molecule has 0 fully saturated rings. The van der Waals surface area contributed by atoms with Crippen LogP contribution in [0, 0.1) is 0 Å². The lowest BCUT2D eigenvalue weighted by Gasteiger charge is -2.06. The molecule has 1 aromatic carbocycles. The summed E-state index contributed by atoms with van der Waals surface area (Å²) in [6.45, 7) is 0. The van der Waals surface area contributed by atoms with Crippen molar-refractivity contribution in [3.8, 4) is 5.75 Å². The Morgan fingerprint density at radius 3 is 2.52 bits per heavy atom. The Morgan fingerprint density at radius 1 is 1.14 bits per heavy atom. The summed E-state index contributed by atoms with van der Waals surface area (Å²) < 4.78 is 31.7. The van der Waals surface area contributed by atoms with Gasteiger partial charge in [0, 0.05) is 0 Å². The molecule has 0 N–H and O–H groups in total. The van der Waals surface area contributed by atoms with E-state index in [0.717, 1.165) is 3.97 Å². The van der Waals surface area contributed by atoms with Gasteiger partial charge >= 0.3 is 0 Å². The van der Waals surface area contributed by atoms with E-state index in [1.807, 2.05) is 0 Å². The predicted molar refractivity (Wildman–Crippen MR) is 78.6 cm³/mol. The van der Waals surface area contributed by atoms with E-state index in [1.54, 1.807) is 12.1 Å². The molecule has 2 aromatic heterocycles. The number of halogens is 1. The molecule has 0 aliphatic heterocycles. The van der Waals surface area contributed by atoms with Gasteiger partial charge in [0.2, 0.25) is 0 Å². The molecule has 9 heteroatoms. The summed E-state index contributed by atoms with van der Waals surface area (Å²) in [6.07, 6.45) is 2.48. The fourth-order valence-corrected chi connectivity index (χ4v) is 3.43. The van der Waals surface area contributed by atoms with Gasteiger partial charge in [-0.05, 0) is 40.2 Å². The second-order valence-electron chi connectivity index (χ2n) is 4.06. The van der Waals surface area contributed by atoms with Crippen molar-refractivity contribution in [2.75, 3.05) is 7.11 Å². The number of aromatic nitrogens is 4. The number of nitrogens with zero attached hydrogens (tertiary/aromatic N) is 4. The van der Waals surface area contributed by atoms with Crippen molar-refractivity contribution in [3.05, 3.63) is 41.5 Å². The second kappa shape index (κ2) is 5.08. The van der Waals surface area contributed by atoms with Crippen LogP contribution in [0.4, 0.5) is 0 Å². The molecule has 0 atom stereocenters. The zero-order valence-electron chi connectivity index (χ0n) is 10.8. The number of ether oxygens (including phenoxy) is 1. The highest BCUT2D eigenvalue weighted by molar-refractivity contribution is 9.10. The van der Waals surface area contributed by atoms with Gasteiger partial charge < -0.3 is 4.74 Å².